The molecule has 0 N–H and O–H groups in total. The minimum atomic E-state index is -0.235. The van der Waals surface area contributed by atoms with Crippen LogP contribution in [0.25, 0.3) is 10.8 Å². The lowest BCUT2D eigenvalue weighted by atomic mass is 9.92. The number of carbonyl (C=O) groups is 2. The summed E-state index contributed by atoms with van der Waals surface area (Å²) in [5, 5.41) is 4.37. The van der Waals surface area contributed by atoms with Crippen molar-refractivity contribution < 1.29 is 9.59 Å². The van der Waals surface area contributed by atoms with Gasteiger partial charge in [0.05, 0.1) is 12.1 Å². The fourth-order valence-electron chi connectivity index (χ4n) is 5.80. The minimum absolute atomic E-state index is 0.0380. The van der Waals surface area contributed by atoms with Crippen LogP contribution >= 0.6 is 11.3 Å². The van der Waals surface area contributed by atoms with Gasteiger partial charge in [-0.25, -0.2) is 0 Å². The third kappa shape index (κ3) is 4.56. The number of nitrogens with zero attached hydrogens (tertiary/aromatic N) is 3. The molecule has 3 aromatic carbocycles. The molecule has 2 amide bonds. The highest BCUT2D eigenvalue weighted by Crippen LogP contribution is 2.39. The number of piperazine rings is 1. The molecular weight excluding hydrogens is 478 g/mol. The fourth-order valence-corrected chi connectivity index (χ4v) is 6.70. The molecule has 0 unspecified atom stereocenters. The van der Waals surface area contributed by atoms with Crippen LogP contribution in [0, 0.1) is 0 Å². The first-order valence-corrected chi connectivity index (χ1v) is 13.9. The summed E-state index contributed by atoms with van der Waals surface area (Å²) in [5.74, 6) is 0.188. The van der Waals surface area contributed by atoms with Crippen molar-refractivity contribution in [2.24, 2.45) is 0 Å². The van der Waals surface area contributed by atoms with Gasteiger partial charge >= 0.3 is 0 Å². The number of thiophene rings is 1. The van der Waals surface area contributed by atoms with Crippen LogP contribution in [-0.2, 0) is 11.2 Å². The van der Waals surface area contributed by atoms with Gasteiger partial charge in [0.2, 0.25) is 5.91 Å². The van der Waals surface area contributed by atoms with E-state index in [2.05, 4.69) is 46.7 Å². The number of fused-ring (bicyclic) bond motifs is 2. The summed E-state index contributed by atoms with van der Waals surface area (Å²) in [4.78, 5) is 34.5. The molecule has 188 valence electrons. The zero-order valence-corrected chi connectivity index (χ0v) is 21.9. The van der Waals surface area contributed by atoms with Gasteiger partial charge in [-0.05, 0) is 58.8 Å². The molecular formula is C31H31N3O2S. The molecule has 0 bridgehead atoms. The van der Waals surface area contributed by atoms with E-state index in [0.29, 0.717) is 31.7 Å². The van der Waals surface area contributed by atoms with Crippen LogP contribution in [0.4, 0.5) is 0 Å². The predicted octanol–water partition coefficient (Wildman–Crippen LogP) is 5.22. The Morgan fingerprint density at radius 1 is 0.811 bits per heavy atom. The Hall–Kier alpha value is -3.48. The van der Waals surface area contributed by atoms with Crippen LogP contribution in [0.1, 0.15) is 39.3 Å². The van der Waals surface area contributed by atoms with Gasteiger partial charge in [-0.3, -0.25) is 14.5 Å². The van der Waals surface area contributed by atoms with Crippen molar-refractivity contribution in [3.8, 4) is 0 Å². The van der Waals surface area contributed by atoms with Gasteiger partial charge < -0.3 is 9.80 Å². The monoisotopic (exact) mass is 509 g/mol. The zero-order chi connectivity index (χ0) is 25.4. The highest BCUT2D eigenvalue weighted by molar-refractivity contribution is 7.10. The molecule has 2 atom stereocenters. The maximum absolute atomic E-state index is 13.7. The Bertz CT molecular complexity index is 1420. The Kier molecular flexibility index (Phi) is 6.53. The second kappa shape index (κ2) is 10.1. The summed E-state index contributed by atoms with van der Waals surface area (Å²) in [6, 6.07) is 26.6. The molecule has 6 heteroatoms. The summed E-state index contributed by atoms with van der Waals surface area (Å²) >= 11 is 1.82. The SMILES string of the molecule is C[C@H](C(=O)N1CCN(C(=O)c2ccc3ccccc3c2)CC1)N1CCc2sccc2[C@H]1c1ccccc1. The second-order valence-electron chi connectivity index (χ2n) is 9.96. The van der Waals surface area contributed by atoms with Gasteiger partial charge in [-0.15, -0.1) is 11.3 Å². The van der Waals surface area contributed by atoms with Gasteiger partial charge in [-0.2, -0.15) is 0 Å². The number of amides is 2. The number of benzene rings is 3. The quantitative estimate of drug-likeness (QED) is 0.379. The van der Waals surface area contributed by atoms with E-state index in [4.69, 9.17) is 0 Å². The van der Waals surface area contributed by atoms with E-state index >= 15 is 0 Å². The molecule has 2 aliphatic rings. The van der Waals surface area contributed by atoms with Crippen LogP contribution in [0.3, 0.4) is 0 Å². The Morgan fingerprint density at radius 3 is 2.30 bits per heavy atom. The zero-order valence-electron chi connectivity index (χ0n) is 21.0. The highest BCUT2D eigenvalue weighted by Gasteiger charge is 2.37. The van der Waals surface area contributed by atoms with Gasteiger partial charge in [-0.1, -0.05) is 60.7 Å². The van der Waals surface area contributed by atoms with Crippen LogP contribution in [-0.4, -0.2) is 65.3 Å². The lowest BCUT2D eigenvalue weighted by molar-refractivity contribution is -0.138. The summed E-state index contributed by atoms with van der Waals surface area (Å²) in [5.41, 5.74) is 3.26. The van der Waals surface area contributed by atoms with Gasteiger partial charge in [0.15, 0.2) is 0 Å². The van der Waals surface area contributed by atoms with E-state index in [0.717, 1.165) is 23.7 Å². The Balaban J connectivity index is 1.14. The maximum atomic E-state index is 13.7. The largest absolute Gasteiger partial charge is 0.338 e. The summed E-state index contributed by atoms with van der Waals surface area (Å²) in [6.45, 7) is 5.15. The average molecular weight is 510 g/mol. The predicted molar refractivity (Wildman–Crippen MR) is 149 cm³/mol. The van der Waals surface area contributed by atoms with E-state index in [1.807, 2.05) is 70.5 Å². The molecule has 1 saturated heterocycles. The third-order valence-electron chi connectivity index (χ3n) is 7.85. The number of hydrogen-bond donors (Lipinski definition) is 0. The Labute approximate surface area is 221 Å². The fraction of sp³-hybridized carbons (Fsp3) is 0.290. The van der Waals surface area contributed by atoms with Crippen LogP contribution in [0.5, 0.6) is 0 Å². The van der Waals surface area contributed by atoms with E-state index in [1.165, 1.54) is 16.0 Å². The normalized spacial score (nSPS) is 19.0. The molecule has 5 nitrogen and oxygen atoms in total. The van der Waals surface area contributed by atoms with Crippen molar-refractivity contribution in [1.29, 1.82) is 0 Å². The van der Waals surface area contributed by atoms with Crippen molar-refractivity contribution >= 4 is 33.9 Å². The van der Waals surface area contributed by atoms with E-state index in [9.17, 15) is 9.59 Å². The van der Waals surface area contributed by atoms with Crippen molar-refractivity contribution in [3.63, 3.8) is 0 Å². The molecule has 0 saturated carbocycles. The third-order valence-corrected chi connectivity index (χ3v) is 8.84. The molecule has 1 aromatic heterocycles. The van der Waals surface area contributed by atoms with Crippen molar-refractivity contribution in [3.05, 3.63) is 106 Å². The molecule has 3 heterocycles. The smallest absolute Gasteiger partial charge is 0.253 e. The first-order chi connectivity index (χ1) is 18.1. The molecule has 1 fully saturated rings. The number of rotatable bonds is 4. The lowest BCUT2D eigenvalue weighted by Gasteiger charge is -2.42. The lowest BCUT2D eigenvalue weighted by Crippen LogP contribution is -2.56. The van der Waals surface area contributed by atoms with Crippen LogP contribution < -0.4 is 0 Å². The summed E-state index contributed by atoms with van der Waals surface area (Å²) < 4.78 is 0. The molecule has 0 spiro atoms. The Morgan fingerprint density at radius 2 is 1.51 bits per heavy atom. The molecule has 4 aromatic rings. The van der Waals surface area contributed by atoms with Gasteiger partial charge in [0.25, 0.3) is 5.91 Å². The van der Waals surface area contributed by atoms with E-state index < -0.39 is 0 Å². The summed E-state index contributed by atoms with van der Waals surface area (Å²) in [7, 11) is 0. The van der Waals surface area contributed by atoms with E-state index in [-0.39, 0.29) is 23.9 Å². The van der Waals surface area contributed by atoms with Gasteiger partial charge in [0, 0.05) is 43.2 Å². The first kappa shape index (κ1) is 23.9. The second-order valence-corrected chi connectivity index (χ2v) is 11.0. The molecule has 0 radical (unpaired) electrons. The molecule has 2 aliphatic heterocycles. The highest BCUT2D eigenvalue weighted by atomic mass is 32.1. The maximum Gasteiger partial charge on any atom is 0.253 e. The molecule has 0 aliphatic carbocycles. The standard InChI is InChI=1S/C31H31N3O2S/c1-22(34-15-13-28-27(14-20-37-28)29(34)24-8-3-2-4-9-24)30(35)32-16-18-33(19-17-32)31(36)26-12-11-23-7-5-6-10-25(23)21-26/h2-12,14,20-22,29H,13,15-19H2,1H3/t22-,29-/m1/s1. The molecule has 37 heavy (non-hydrogen) atoms. The van der Waals surface area contributed by atoms with E-state index in [1.54, 1.807) is 0 Å². The van der Waals surface area contributed by atoms with Crippen molar-refractivity contribution in [1.82, 2.24) is 14.7 Å². The van der Waals surface area contributed by atoms with Crippen LogP contribution in [0.2, 0.25) is 0 Å². The number of carbonyl (C=O) groups excluding carboxylic acids is 2. The molecule has 6 rings (SSSR count). The first-order valence-electron chi connectivity index (χ1n) is 13.0. The summed E-state index contributed by atoms with van der Waals surface area (Å²) in [6.07, 6.45) is 0.974. The van der Waals surface area contributed by atoms with Crippen LogP contribution in [0.15, 0.2) is 84.2 Å². The minimum Gasteiger partial charge on any atom is -0.338 e. The van der Waals surface area contributed by atoms with Gasteiger partial charge in [0.1, 0.15) is 0 Å². The average Bonchev–Trinajstić information content (AvgIpc) is 3.45. The van der Waals surface area contributed by atoms with Crippen molar-refractivity contribution in [2.45, 2.75) is 25.4 Å². The number of hydrogen-bond acceptors (Lipinski definition) is 4. The topological polar surface area (TPSA) is 43.9 Å². The van der Waals surface area contributed by atoms with Crippen molar-refractivity contribution in [2.75, 3.05) is 32.7 Å².